The van der Waals surface area contributed by atoms with Gasteiger partial charge >= 0.3 is 0 Å². The Balaban J connectivity index is 1.00. The minimum Gasteiger partial charge on any atom is -0.454 e. The summed E-state index contributed by atoms with van der Waals surface area (Å²) in [5.41, 5.74) is 8.73. The maximum atomic E-state index is 13.1. The lowest BCUT2D eigenvalue weighted by Crippen LogP contribution is -2.55. The van der Waals surface area contributed by atoms with Crippen molar-refractivity contribution in [1.82, 2.24) is 20.7 Å². The lowest BCUT2D eigenvalue weighted by atomic mass is 10.0. The maximum Gasteiger partial charge on any atom is 0.241 e. The van der Waals surface area contributed by atoms with E-state index in [0.717, 1.165) is 29.9 Å². The van der Waals surface area contributed by atoms with Crippen LogP contribution >= 0.6 is 0 Å². The van der Waals surface area contributed by atoms with Crippen LogP contribution in [-0.2, 0) is 9.59 Å². The van der Waals surface area contributed by atoms with E-state index in [9.17, 15) is 9.59 Å². The van der Waals surface area contributed by atoms with Crippen LogP contribution in [0.25, 0.3) is 0 Å². The first kappa shape index (κ1) is 20.5. The van der Waals surface area contributed by atoms with Crippen LogP contribution in [0.15, 0.2) is 48.5 Å². The van der Waals surface area contributed by atoms with Crippen molar-refractivity contribution in [1.29, 1.82) is 0 Å². The molecular weight excluding hydrogens is 420 g/mol. The van der Waals surface area contributed by atoms with E-state index in [0.29, 0.717) is 26.2 Å². The molecule has 4 atom stereocenters. The fourth-order valence-corrected chi connectivity index (χ4v) is 5.20. The standard InChI is InChI=1S/C25H28N4O4/c30-24(19-13-18(19)17-6-7-22-23(12-17)33-15-32-22)28-8-10-29(11-9-28)25(31)21-14-20(26-27-21)16-4-2-1-3-5-16/h1-7,12,18-21,26-27H,8-11,13-15H2. The van der Waals surface area contributed by atoms with Gasteiger partial charge in [-0.3, -0.25) is 9.59 Å². The highest BCUT2D eigenvalue weighted by atomic mass is 16.7. The summed E-state index contributed by atoms with van der Waals surface area (Å²) in [6.07, 6.45) is 1.59. The number of ether oxygens (including phenoxy) is 2. The van der Waals surface area contributed by atoms with Crippen LogP contribution in [-0.4, -0.2) is 60.6 Å². The molecule has 8 nitrogen and oxygen atoms in total. The number of rotatable bonds is 4. The number of benzene rings is 2. The zero-order valence-corrected chi connectivity index (χ0v) is 18.4. The van der Waals surface area contributed by atoms with Crippen molar-refractivity contribution in [3.63, 3.8) is 0 Å². The monoisotopic (exact) mass is 448 g/mol. The van der Waals surface area contributed by atoms with Gasteiger partial charge in [-0.15, -0.1) is 0 Å². The van der Waals surface area contributed by atoms with E-state index < -0.39 is 0 Å². The van der Waals surface area contributed by atoms with E-state index in [4.69, 9.17) is 9.47 Å². The van der Waals surface area contributed by atoms with Crippen LogP contribution in [0.4, 0.5) is 0 Å². The average molecular weight is 449 g/mol. The third-order valence-corrected chi connectivity index (χ3v) is 7.24. The van der Waals surface area contributed by atoms with Crippen molar-refractivity contribution in [2.45, 2.75) is 30.8 Å². The Hall–Kier alpha value is -3.10. The lowest BCUT2D eigenvalue weighted by Gasteiger charge is -2.36. The van der Waals surface area contributed by atoms with E-state index in [1.807, 2.05) is 46.2 Å². The normalized spacial score (nSPS) is 28.1. The minimum atomic E-state index is -0.240. The molecule has 2 amide bonds. The largest absolute Gasteiger partial charge is 0.454 e. The molecule has 6 rings (SSSR count). The highest BCUT2D eigenvalue weighted by Gasteiger charge is 2.47. The molecule has 0 bridgehead atoms. The Morgan fingerprint density at radius 1 is 0.788 bits per heavy atom. The van der Waals surface area contributed by atoms with Crippen molar-refractivity contribution in [3.05, 3.63) is 59.7 Å². The van der Waals surface area contributed by atoms with Crippen LogP contribution in [0.2, 0.25) is 0 Å². The minimum absolute atomic E-state index is 0.0277. The molecule has 2 aromatic carbocycles. The Kier molecular flexibility index (Phi) is 5.19. The third-order valence-electron chi connectivity index (χ3n) is 7.24. The van der Waals surface area contributed by atoms with Gasteiger partial charge in [0.25, 0.3) is 0 Å². The number of hydrazine groups is 1. The van der Waals surface area contributed by atoms with Crippen LogP contribution in [0, 0.1) is 5.92 Å². The van der Waals surface area contributed by atoms with Crippen molar-refractivity contribution in [2.75, 3.05) is 33.0 Å². The SMILES string of the molecule is O=C(C1CC(c2ccccc2)NN1)N1CCN(C(=O)C2CC2c2ccc3c(c2)OCO3)CC1. The summed E-state index contributed by atoms with van der Waals surface area (Å²) >= 11 is 0. The fourth-order valence-electron chi connectivity index (χ4n) is 5.20. The number of nitrogens with zero attached hydrogens (tertiary/aromatic N) is 2. The van der Waals surface area contributed by atoms with Gasteiger partial charge in [0, 0.05) is 38.1 Å². The van der Waals surface area contributed by atoms with Gasteiger partial charge < -0.3 is 19.3 Å². The molecule has 2 saturated heterocycles. The summed E-state index contributed by atoms with van der Waals surface area (Å²) in [6, 6.07) is 16.0. The molecule has 3 aliphatic heterocycles. The summed E-state index contributed by atoms with van der Waals surface area (Å²) in [6.45, 7) is 2.61. The molecule has 4 aliphatic rings. The molecule has 2 aromatic rings. The van der Waals surface area contributed by atoms with Gasteiger partial charge in [-0.1, -0.05) is 36.4 Å². The number of fused-ring (bicyclic) bond motifs is 1. The number of carbonyl (C=O) groups excluding carboxylic acids is 2. The van der Waals surface area contributed by atoms with Crippen molar-refractivity contribution in [2.24, 2.45) is 5.92 Å². The second-order valence-corrected chi connectivity index (χ2v) is 9.25. The van der Waals surface area contributed by atoms with Gasteiger partial charge in [0.15, 0.2) is 11.5 Å². The topological polar surface area (TPSA) is 83.1 Å². The number of amides is 2. The number of hydrogen-bond donors (Lipinski definition) is 2. The Labute approximate surface area is 192 Å². The second-order valence-electron chi connectivity index (χ2n) is 9.25. The first-order valence-corrected chi connectivity index (χ1v) is 11.7. The predicted octanol–water partition coefficient (Wildman–Crippen LogP) is 1.80. The predicted molar refractivity (Wildman–Crippen MR) is 120 cm³/mol. The van der Waals surface area contributed by atoms with E-state index in [-0.39, 0.29) is 42.5 Å². The Morgan fingerprint density at radius 2 is 1.52 bits per heavy atom. The summed E-state index contributed by atoms with van der Waals surface area (Å²) in [4.78, 5) is 29.9. The molecule has 4 unspecified atom stereocenters. The lowest BCUT2D eigenvalue weighted by molar-refractivity contribution is -0.141. The quantitative estimate of drug-likeness (QED) is 0.742. The van der Waals surface area contributed by atoms with Crippen LogP contribution in [0.1, 0.15) is 35.9 Å². The summed E-state index contributed by atoms with van der Waals surface area (Å²) < 4.78 is 10.9. The van der Waals surface area contributed by atoms with Gasteiger partial charge in [0.2, 0.25) is 18.6 Å². The van der Waals surface area contributed by atoms with Gasteiger partial charge in [0.1, 0.15) is 6.04 Å². The Morgan fingerprint density at radius 3 is 2.30 bits per heavy atom. The highest BCUT2D eigenvalue weighted by Crippen LogP contribution is 2.50. The number of piperazine rings is 1. The molecular formula is C25H28N4O4. The van der Waals surface area contributed by atoms with Crippen LogP contribution in [0.3, 0.4) is 0 Å². The maximum absolute atomic E-state index is 13.1. The summed E-state index contributed by atoms with van der Waals surface area (Å²) in [5.74, 6) is 2.12. The number of carbonyl (C=O) groups is 2. The third kappa shape index (κ3) is 3.94. The van der Waals surface area contributed by atoms with E-state index in [1.165, 1.54) is 5.56 Å². The number of hydrogen-bond acceptors (Lipinski definition) is 6. The van der Waals surface area contributed by atoms with Crippen molar-refractivity contribution in [3.8, 4) is 11.5 Å². The van der Waals surface area contributed by atoms with E-state index >= 15 is 0 Å². The smallest absolute Gasteiger partial charge is 0.241 e. The zero-order chi connectivity index (χ0) is 22.4. The van der Waals surface area contributed by atoms with Crippen LogP contribution < -0.4 is 20.3 Å². The van der Waals surface area contributed by atoms with Crippen molar-refractivity contribution >= 4 is 11.8 Å². The molecule has 2 N–H and O–H groups in total. The summed E-state index contributed by atoms with van der Waals surface area (Å²) in [7, 11) is 0. The van der Waals surface area contributed by atoms with Gasteiger partial charge in [-0.05, 0) is 42.0 Å². The summed E-state index contributed by atoms with van der Waals surface area (Å²) in [5, 5.41) is 0. The molecule has 33 heavy (non-hydrogen) atoms. The van der Waals surface area contributed by atoms with Gasteiger partial charge in [-0.25, -0.2) is 10.9 Å². The van der Waals surface area contributed by atoms with Gasteiger partial charge in [0.05, 0.1) is 0 Å². The second kappa shape index (κ2) is 8.35. The number of nitrogens with one attached hydrogen (secondary N) is 2. The molecule has 0 spiro atoms. The van der Waals surface area contributed by atoms with E-state index in [2.05, 4.69) is 23.0 Å². The first-order chi connectivity index (χ1) is 16.2. The Bertz CT molecular complexity index is 1050. The molecule has 0 aromatic heterocycles. The van der Waals surface area contributed by atoms with Gasteiger partial charge in [-0.2, -0.15) is 0 Å². The zero-order valence-electron chi connectivity index (χ0n) is 18.4. The van der Waals surface area contributed by atoms with Crippen LogP contribution in [0.5, 0.6) is 11.5 Å². The molecule has 1 saturated carbocycles. The molecule has 1 aliphatic carbocycles. The molecule has 172 valence electrons. The van der Waals surface area contributed by atoms with E-state index in [1.54, 1.807) is 0 Å². The van der Waals surface area contributed by atoms with Crippen molar-refractivity contribution < 1.29 is 19.1 Å². The average Bonchev–Trinajstić information content (AvgIpc) is 3.27. The highest BCUT2D eigenvalue weighted by molar-refractivity contribution is 5.85. The molecule has 3 heterocycles. The molecule has 0 radical (unpaired) electrons. The fraction of sp³-hybridized carbons (Fsp3) is 0.440. The molecule has 3 fully saturated rings. The first-order valence-electron chi connectivity index (χ1n) is 11.7. The molecule has 8 heteroatoms.